The lowest BCUT2D eigenvalue weighted by atomic mass is 10.1. The number of benzene rings is 2. The van der Waals surface area contributed by atoms with Crippen molar-refractivity contribution in [1.29, 1.82) is 0 Å². The first-order valence-corrected chi connectivity index (χ1v) is 9.60. The highest BCUT2D eigenvalue weighted by Gasteiger charge is 2.22. The minimum absolute atomic E-state index is 0.0636. The summed E-state index contributed by atoms with van der Waals surface area (Å²) in [6, 6.07) is 14.1. The Labute approximate surface area is 160 Å². The molecule has 2 aromatic carbocycles. The fourth-order valence-corrected chi connectivity index (χ4v) is 3.70. The van der Waals surface area contributed by atoms with E-state index in [1.807, 2.05) is 42.2 Å². The molecule has 0 aliphatic carbocycles. The predicted molar refractivity (Wildman–Crippen MR) is 104 cm³/mol. The molecule has 5 nitrogen and oxygen atoms in total. The van der Waals surface area contributed by atoms with Gasteiger partial charge in [0.2, 0.25) is 0 Å². The number of fused-ring (bicyclic) bond motifs is 1. The minimum Gasteiger partial charge on any atom is -0.491 e. The zero-order valence-electron chi connectivity index (χ0n) is 15.8. The van der Waals surface area contributed by atoms with E-state index in [1.165, 1.54) is 5.56 Å². The molecule has 2 aliphatic rings. The van der Waals surface area contributed by atoms with Crippen LogP contribution in [-0.2, 0) is 17.8 Å². The normalized spacial score (nSPS) is 17.7. The van der Waals surface area contributed by atoms with Gasteiger partial charge < -0.3 is 14.4 Å². The number of hydrogen-bond donors (Lipinski definition) is 0. The topological polar surface area (TPSA) is 42.0 Å². The summed E-state index contributed by atoms with van der Waals surface area (Å²) in [5.41, 5.74) is 4.17. The molecule has 1 fully saturated rings. The third kappa shape index (κ3) is 4.31. The fourth-order valence-electron chi connectivity index (χ4n) is 3.70. The van der Waals surface area contributed by atoms with Gasteiger partial charge in [0.15, 0.2) is 0 Å². The molecule has 0 saturated carbocycles. The Morgan fingerprint density at radius 1 is 1.04 bits per heavy atom. The van der Waals surface area contributed by atoms with E-state index in [4.69, 9.17) is 9.47 Å². The van der Waals surface area contributed by atoms with Gasteiger partial charge in [0.1, 0.15) is 12.4 Å². The first-order valence-electron chi connectivity index (χ1n) is 9.60. The smallest absolute Gasteiger partial charge is 0.254 e. The van der Waals surface area contributed by atoms with Gasteiger partial charge in [0.25, 0.3) is 5.91 Å². The zero-order valence-corrected chi connectivity index (χ0v) is 15.8. The van der Waals surface area contributed by atoms with E-state index in [-0.39, 0.29) is 5.91 Å². The molecule has 2 aliphatic heterocycles. The Balaban J connectivity index is 1.51. The van der Waals surface area contributed by atoms with E-state index in [1.54, 1.807) is 0 Å². The van der Waals surface area contributed by atoms with Crippen molar-refractivity contribution >= 4 is 5.91 Å². The molecular formula is C22H26N2O3. The molecule has 142 valence electrons. The minimum atomic E-state index is 0.0636. The molecule has 0 bridgehead atoms. The van der Waals surface area contributed by atoms with Crippen molar-refractivity contribution in [2.45, 2.75) is 20.0 Å². The van der Waals surface area contributed by atoms with Gasteiger partial charge in [-0.05, 0) is 36.8 Å². The Kier molecular flexibility index (Phi) is 5.41. The Morgan fingerprint density at radius 3 is 2.70 bits per heavy atom. The standard InChI is InChI=1S/C22H26N2O3/c1-17-3-2-4-19(13-17)22(25)24-9-12-27-21-6-5-18(14-20(21)16-24)15-23-7-10-26-11-8-23/h2-6,13-14H,7-12,15-16H2,1H3. The molecule has 5 heteroatoms. The van der Waals surface area contributed by atoms with Crippen LogP contribution in [0.2, 0.25) is 0 Å². The van der Waals surface area contributed by atoms with Crippen molar-refractivity contribution < 1.29 is 14.3 Å². The van der Waals surface area contributed by atoms with E-state index in [2.05, 4.69) is 17.0 Å². The molecule has 0 unspecified atom stereocenters. The predicted octanol–water partition coefficient (Wildman–Crippen LogP) is 2.86. The summed E-state index contributed by atoms with van der Waals surface area (Å²) in [6.07, 6.45) is 0. The van der Waals surface area contributed by atoms with Crippen molar-refractivity contribution in [1.82, 2.24) is 9.80 Å². The summed E-state index contributed by atoms with van der Waals surface area (Å²) in [6.45, 7) is 8.14. The molecule has 0 aromatic heterocycles. The van der Waals surface area contributed by atoms with Crippen LogP contribution in [0.25, 0.3) is 0 Å². The number of rotatable bonds is 3. The first-order chi connectivity index (χ1) is 13.2. The highest BCUT2D eigenvalue weighted by atomic mass is 16.5. The molecule has 2 heterocycles. The maximum Gasteiger partial charge on any atom is 0.254 e. The van der Waals surface area contributed by atoms with Gasteiger partial charge in [-0.2, -0.15) is 0 Å². The summed E-state index contributed by atoms with van der Waals surface area (Å²) in [4.78, 5) is 17.3. The third-order valence-electron chi connectivity index (χ3n) is 5.17. The number of aryl methyl sites for hydroxylation is 1. The lowest BCUT2D eigenvalue weighted by Gasteiger charge is -2.27. The number of morpholine rings is 1. The molecule has 2 aromatic rings. The van der Waals surface area contributed by atoms with Gasteiger partial charge in [-0.3, -0.25) is 9.69 Å². The highest BCUT2D eigenvalue weighted by molar-refractivity contribution is 5.94. The van der Waals surface area contributed by atoms with Crippen LogP contribution in [0.3, 0.4) is 0 Å². The highest BCUT2D eigenvalue weighted by Crippen LogP contribution is 2.26. The molecule has 0 atom stereocenters. The zero-order chi connectivity index (χ0) is 18.6. The van der Waals surface area contributed by atoms with E-state index < -0.39 is 0 Å². The van der Waals surface area contributed by atoms with Crippen LogP contribution < -0.4 is 4.74 Å². The van der Waals surface area contributed by atoms with Gasteiger partial charge in [-0.1, -0.05) is 23.8 Å². The molecule has 1 amide bonds. The van der Waals surface area contributed by atoms with Crippen LogP contribution in [0.5, 0.6) is 5.75 Å². The molecule has 1 saturated heterocycles. The molecule has 0 radical (unpaired) electrons. The van der Waals surface area contributed by atoms with Crippen LogP contribution in [0, 0.1) is 6.92 Å². The summed E-state index contributed by atoms with van der Waals surface area (Å²) in [5, 5.41) is 0. The Hall–Kier alpha value is -2.37. The molecule has 4 rings (SSSR count). The van der Waals surface area contributed by atoms with Gasteiger partial charge in [0.05, 0.1) is 19.8 Å². The second kappa shape index (κ2) is 8.11. The quantitative estimate of drug-likeness (QED) is 0.838. The molecule has 0 spiro atoms. The summed E-state index contributed by atoms with van der Waals surface area (Å²) in [7, 11) is 0. The van der Waals surface area contributed by atoms with Crippen molar-refractivity contribution in [3.63, 3.8) is 0 Å². The largest absolute Gasteiger partial charge is 0.491 e. The number of carbonyl (C=O) groups is 1. The maximum atomic E-state index is 13.0. The van der Waals surface area contributed by atoms with E-state index in [9.17, 15) is 4.79 Å². The van der Waals surface area contributed by atoms with E-state index >= 15 is 0 Å². The molecular weight excluding hydrogens is 340 g/mol. The number of amides is 1. The van der Waals surface area contributed by atoms with Gasteiger partial charge in [-0.25, -0.2) is 0 Å². The van der Waals surface area contributed by atoms with Crippen molar-refractivity contribution in [3.8, 4) is 5.75 Å². The monoisotopic (exact) mass is 366 g/mol. The van der Waals surface area contributed by atoms with Gasteiger partial charge >= 0.3 is 0 Å². The number of hydrogen-bond acceptors (Lipinski definition) is 4. The van der Waals surface area contributed by atoms with Crippen LogP contribution >= 0.6 is 0 Å². The maximum absolute atomic E-state index is 13.0. The lowest BCUT2D eigenvalue weighted by Crippen LogP contribution is -2.35. The summed E-state index contributed by atoms with van der Waals surface area (Å²) >= 11 is 0. The SMILES string of the molecule is Cc1cccc(C(=O)N2CCOc3ccc(CN4CCOCC4)cc3C2)c1. The lowest BCUT2D eigenvalue weighted by molar-refractivity contribution is 0.0341. The van der Waals surface area contributed by atoms with E-state index in [0.717, 1.165) is 55.3 Å². The molecule has 27 heavy (non-hydrogen) atoms. The van der Waals surface area contributed by atoms with E-state index in [0.29, 0.717) is 19.7 Å². The first kappa shape index (κ1) is 18.0. The second-order valence-electron chi connectivity index (χ2n) is 7.28. The second-order valence-corrected chi connectivity index (χ2v) is 7.28. The number of nitrogens with zero attached hydrogens (tertiary/aromatic N) is 2. The van der Waals surface area contributed by atoms with Crippen LogP contribution in [0.1, 0.15) is 27.0 Å². The van der Waals surface area contributed by atoms with Crippen molar-refractivity contribution in [3.05, 3.63) is 64.7 Å². The fraction of sp³-hybridized carbons (Fsp3) is 0.409. The number of ether oxygens (including phenoxy) is 2. The molecule has 0 N–H and O–H groups in total. The average molecular weight is 366 g/mol. The van der Waals surface area contributed by atoms with Crippen LogP contribution in [-0.4, -0.2) is 55.2 Å². The van der Waals surface area contributed by atoms with Crippen molar-refractivity contribution in [2.75, 3.05) is 39.5 Å². The van der Waals surface area contributed by atoms with Gasteiger partial charge in [0, 0.05) is 37.3 Å². The number of carbonyl (C=O) groups excluding carboxylic acids is 1. The van der Waals surface area contributed by atoms with Crippen molar-refractivity contribution in [2.24, 2.45) is 0 Å². The Bertz CT molecular complexity index is 815. The summed E-state index contributed by atoms with van der Waals surface area (Å²) < 4.78 is 11.3. The van der Waals surface area contributed by atoms with Crippen LogP contribution in [0.15, 0.2) is 42.5 Å². The van der Waals surface area contributed by atoms with Gasteiger partial charge in [-0.15, -0.1) is 0 Å². The average Bonchev–Trinajstić information content (AvgIpc) is 2.90. The Morgan fingerprint density at radius 2 is 1.89 bits per heavy atom. The summed E-state index contributed by atoms with van der Waals surface area (Å²) in [5.74, 6) is 0.953. The third-order valence-corrected chi connectivity index (χ3v) is 5.17. The van der Waals surface area contributed by atoms with Crippen LogP contribution in [0.4, 0.5) is 0 Å².